The standard InChI is InChI=1S/C12H12O/c1-9-8-11-5-3-2-4-10(11)6-7-12(9)13/h2-8,12-13H,1H3. The SMILES string of the molecule is CC1=Cc2ccccc2C=CC1O. The van der Waals surface area contributed by atoms with Gasteiger partial charge in [-0.25, -0.2) is 0 Å². The first-order valence-electron chi connectivity index (χ1n) is 4.41. The number of aliphatic hydroxyl groups excluding tert-OH is 1. The van der Waals surface area contributed by atoms with Crippen LogP contribution in [0, 0.1) is 0 Å². The van der Waals surface area contributed by atoms with Crippen molar-refractivity contribution < 1.29 is 5.11 Å². The van der Waals surface area contributed by atoms with Crippen LogP contribution in [0.4, 0.5) is 0 Å². The molecule has 1 N–H and O–H groups in total. The van der Waals surface area contributed by atoms with Gasteiger partial charge in [-0.15, -0.1) is 0 Å². The maximum absolute atomic E-state index is 9.57. The Hall–Kier alpha value is -1.34. The molecule has 1 atom stereocenters. The van der Waals surface area contributed by atoms with Crippen molar-refractivity contribution in [2.75, 3.05) is 0 Å². The summed E-state index contributed by atoms with van der Waals surface area (Å²) in [4.78, 5) is 0. The molecule has 1 aliphatic carbocycles. The predicted octanol–water partition coefficient (Wildman–Crippen LogP) is 2.48. The normalized spacial score (nSPS) is 20.5. The predicted molar refractivity (Wildman–Crippen MR) is 55.1 cm³/mol. The lowest BCUT2D eigenvalue weighted by molar-refractivity contribution is 0.261. The molecule has 0 saturated heterocycles. The topological polar surface area (TPSA) is 20.2 Å². The van der Waals surface area contributed by atoms with Gasteiger partial charge in [0.2, 0.25) is 0 Å². The monoisotopic (exact) mass is 172 g/mol. The lowest BCUT2D eigenvalue weighted by Gasteiger charge is -2.02. The van der Waals surface area contributed by atoms with Crippen molar-refractivity contribution >= 4 is 12.2 Å². The van der Waals surface area contributed by atoms with Crippen molar-refractivity contribution in [3.8, 4) is 0 Å². The number of benzene rings is 1. The molecule has 1 unspecified atom stereocenters. The minimum Gasteiger partial charge on any atom is -0.385 e. The molecule has 13 heavy (non-hydrogen) atoms. The third kappa shape index (κ3) is 1.56. The molecule has 0 spiro atoms. The molecule has 1 aromatic carbocycles. The fourth-order valence-electron chi connectivity index (χ4n) is 1.47. The number of rotatable bonds is 0. The van der Waals surface area contributed by atoms with Crippen LogP contribution >= 0.6 is 0 Å². The first-order chi connectivity index (χ1) is 6.27. The van der Waals surface area contributed by atoms with E-state index >= 15 is 0 Å². The van der Waals surface area contributed by atoms with Gasteiger partial charge in [-0.05, 0) is 23.6 Å². The Balaban J connectivity index is 2.56. The summed E-state index contributed by atoms with van der Waals surface area (Å²) in [5.74, 6) is 0. The highest BCUT2D eigenvalue weighted by atomic mass is 16.3. The van der Waals surface area contributed by atoms with Crippen LogP contribution in [0.3, 0.4) is 0 Å². The third-order valence-electron chi connectivity index (χ3n) is 2.30. The molecule has 66 valence electrons. The molecular formula is C12H12O. The van der Waals surface area contributed by atoms with E-state index in [0.29, 0.717) is 0 Å². The summed E-state index contributed by atoms with van der Waals surface area (Å²) in [6.45, 7) is 1.94. The van der Waals surface area contributed by atoms with Crippen LogP contribution < -0.4 is 0 Å². The molecule has 1 nitrogen and oxygen atoms in total. The van der Waals surface area contributed by atoms with E-state index in [0.717, 1.165) is 5.57 Å². The lowest BCUT2D eigenvalue weighted by atomic mass is 10.1. The highest BCUT2D eigenvalue weighted by Gasteiger charge is 2.07. The number of fused-ring (bicyclic) bond motifs is 1. The van der Waals surface area contributed by atoms with Gasteiger partial charge in [0, 0.05) is 0 Å². The van der Waals surface area contributed by atoms with Gasteiger partial charge >= 0.3 is 0 Å². The van der Waals surface area contributed by atoms with Gasteiger partial charge < -0.3 is 5.11 Å². The second kappa shape index (κ2) is 3.19. The quantitative estimate of drug-likeness (QED) is 0.637. The molecule has 1 aromatic rings. The molecule has 1 heteroatoms. The molecule has 2 rings (SSSR count). The molecule has 0 aromatic heterocycles. The number of aliphatic hydroxyl groups is 1. The Morgan fingerprint density at radius 2 is 1.85 bits per heavy atom. The minimum atomic E-state index is -0.438. The zero-order chi connectivity index (χ0) is 9.26. The molecule has 0 heterocycles. The summed E-state index contributed by atoms with van der Waals surface area (Å²) < 4.78 is 0. The summed E-state index contributed by atoms with van der Waals surface area (Å²) in [6, 6.07) is 8.12. The van der Waals surface area contributed by atoms with Gasteiger partial charge in [0.1, 0.15) is 0 Å². The third-order valence-corrected chi connectivity index (χ3v) is 2.30. The second-order valence-corrected chi connectivity index (χ2v) is 3.32. The van der Waals surface area contributed by atoms with Crippen LogP contribution in [0.1, 0.15) is 18.1 Å². The van der Waals surface area contributed by atoms with E-state index in [1.165, 1.54) is 11.1 Å². The van der Waals surface area contributed by atoms with Gasteiger partial charge in [0.05, 0.1) is 6.10 Å². The van der Waals surface area contributed by atoms with E-state index in [-0.39, 0.29) is 0 Å². The van der Waals surface area contributed by atoms with Crippen LogP contribution in [0.25, 0.3) is 12.2 Å². The van der Waals surface area contributed by atoms with Gasteiger partial charge in [0.25, 0.3) is 0 Å². The molecule has 0 fully saturated rings. The molecule has 0 saturated carbocycles. The summed E-state index contributed by atoms with van der Waals surface area (Å²) in [6.07, 6.45) is 5.37. The lowest BCUT2D eigenvalue weighted by Crippen LogP contribution is -2.01. The summed E-state index contributed by atoms with van der Waals surface area (Å²) in [5.41, 5.74) is 3.33. The maximum atomic E-state index is 9.57. The van der Waals surface area contributed by atoms with Crippen molar-refractivity contribution in [3.63, 3.8) is 0 Å². The maximum Gasteiger partial charge on any atom is 0.0935 e. The smallest absolute Gasteiger partial charge is 0.0935 e. The first kappa shape index (κ1) is 8.27. The van der Waals surface area contributed by atoms with E-state index < -0.39 is 6.10 Å². The Morgan fingerprint density at radius 3 is 2.62 bits per heavy atom. The van der Waals surface area contributed by atoms with Crippen LogP contribution in [-0.2, 0) is 0 Å². The summed E-state index contributed by atoms with van der Waals surface area (Å²) >= 11 is 0. The zero-order valence-electron chi connectivity index (χ0n) is 7.57. The Kier molecular flexibility index (Phi) is 2.03. The van der Waals surface area contributed by atoms with Crippen LogP contribution in [0.5, 0.6) is 0 Å². The van der Waals surface area contributed by atoms with Gasteiger partial charge in [-0.3, -0.25) is 0 Å². The average Bonchev–Trinajstić information content (AvgIpc) is 2.28. The highest BCUT2D eigenvalue weighted by Crippen LogP contribution is 2.20. The average molecular weight is 172 g/mol. The molecular weight excluding hydrogens is 160 g/mol. The van der Waals surface area contributed by atoms with E-state index in [9.17, 15) is 5.11 Å². The minimum absolute atomic E-state index is 0.438. The fourth-order valence-corrected chi connectivity index (χ4v) is 1.47. The number of hydrogen-bond donors (Lipinski definition) is 1. The molecule has 0 aliphatic heterocycles. The fraction of sp³-hybridized carbons (Fsp3) is 0.167. The van der Waals surface area contributed by atoms with Crippen molar-refractivity contribution in [2.45, 2.75) is 13.0 Å². The van der Waals surface area contributed by atoms with Crippen molar-refractivity contribution in [1.29, 1.82) is 0 Å². The van der Waals surface area contributed by atoms with Gasteiger partial charge in [-0.1, -0.05) is 42.5 Å². The van der Waals surface area contributed by atoms with E-state index in [1.807, 2.05) is 43.4 Å². The highest BCUT2D eigenvalue weighted by molar-refractivity contribution is 5.69. The van der Waals surface area contributed by atoms with Gasteiger partial charge in [0.15, 0.2) is 0 Å². The Labute approximate surface area is 78.0 Å². The molecule has 0 radical (unpaired) electrons. The van der Waals surface area contributed by atoms with Crippen LogP contribution in [0.2, 0.25) is 0 Å². The first-order valence-corrected chi connectivity index (χ1v) is 4.41. The van der Waals surface area contributed by atoms with Crippen LogP contribution in [-0.4, -0.2) is 11.2 Å². The number of hydrogen-bond acceptors (Lipinski definition) is 1. The Bertz CT molecular complexity index is 374. The molecule has 0 bridgehead atoms. The van der Waals surface area contributed by atoms with E-state index in [1.54, 1.807) is 0 Å². The molecule has 0 amide bonds. The van der Waals surface area contributed by atoms with Gasteiger partial charge in [-0.2, -0.15) is 0 Å². The van der Waals surface area contributed by atoms with Crippen LogP contribution in [0.15, 0.2) is 35.9 Å². The van der Waals surface area contributed by atoms with E-state index in [2.05, 4.69) is 6.07 Å². The molecule has 1 aliphatic rings. The Morgan fingerprint density at radius 1 is 1.15 bits per heavy atom. The van der Waals surface area contributed by atoms with Crippen molar-refractivity contribution in [1.82, 2.24) is 0 Å². The van der Waals surface area contributed by atoms with Crippen molar-refractivity contribution in [2.24, 2.45) is 0 Å². The summed E-state index contributed by atoms with van der Waals surface area (Å²) in [7, 11) is 0. The zero-order valence-corrected chi connectivity index (χ0v) is 7.57. The second-order valence-electron chi connectivity index (χ2n) is 3.32. The largest absolute Gasteiger partial charge is 0.385 e. The summed E-state index contributed by atoms with van der Waals surface area (Å²) in [5, 5.41) is 9.57. The van der Waals surface area contributed by atoms with Crippen molar-refractivity contribution in [3.05, 3.63) is 47.0 Å². The van der Waals surface area contributed by atoms with E-state index in [4.69, 9.17) is 0 Å².